The van der Waals surface area contributed by atoms with E-state index in [1.54, 1.807) is 12.4 Å². The Kier molecular flexibility index (Phi) is 6.80. The van der Waals surface area contributed by atoms with E-state index in [-0.39, 0.29) is 5.91 Å². The van der Waals surface area contributed by atoms with Gasteiger partial charge in [0.25, 0.3) is 0 Å². The van der Waals surface area contributed by atoms with E-state index in [1.165, 1.54) is 12.5 Å². The van der Waals surface area contributed by atoms with Gasteiger partial charge in [0.2, 0.25) is 5.91 Å². The summed E-state index contributed by atoms with van der Waals surface area (Å²) in [5.41, 5.74) is 5.41. The van der Waals surface area contributed by atoms with Crippen LogP contribution < -0.4 is 10.2 Å². The number of rotatable bonds is 7. The summed E-state index contributed by atoms with van der Waals surface area (Å²) in [5.74, 6) is 0.899. The first kappa shape index (κ1) is 22.0. The van der Waals surface area contributed by atoms with Crippen molar-refractivity contribution in [3.05, 3.63) is 59.7 Å². The molecule has 32 heavy (non-hydrogen) atoms. The van der Waals surface area contributed by atoms with E-state index in [1.807, 2.05) is 16.8 Å². The minimum absolute atomic E-state index is 0.0289. The van der Waals surface area contributed by atoms with Gasteiger partial charge in [-0.05, 0) is 19.4 Å². The molecule has 8 heteroatoms. The lowest BCUT2D eigenvalue weighted by atomic mass is 10.1. The Labute approximate surface area is 189 Å². The van der Waals surface area contributed by atoms with Gasteiger partial charge in [0.15, 0.2) is 5.82 Å². The highest BCUT2D eigenvalue weighted by molar-refractivity contribution is 5.73. The molecule has 0 spiro atoms. The average Bonchev–Trinajstić information content (AvgIpc) is 3.18. The number of hydrogen-bond acceptors (Lipinski definition) is 6. The molecule has 0 bridgehead atoms. The molecule has 3 aromatic rings. The number of aromatic nitrogens is 4. The maximum Gasteiger partial charge on any atom is 0.217 e. The lowest BCUT2D eigenvalue weighted by Gasteiger charge is -2.35. The van der Waals surface area contributed by atoms with E-state index in [0.29, 0.717) is 6.54 Å². The molecule has 1 N–H and O–H groups in total. The first-order valence-electron chi connectivity index (χ1n) is 11.2. The van der Waals surface area contributed by atoms with Crippen molar-refractivity contribution in [1.29, 1.82) is 0 Å². The minimum Gasteiger partial charge on any atom is -0.352 e. The van der Waals surface area contributed by atoms with Gasteiger partial charge >= 0.3 is 0 Å². The van der Waals surface area contributed by atoms with Crippen molar-refractivity contribution < 1.29 is 4.79 Å². The summed E-state index contributed by atoms with van der Waals surface area (Å²) in [6, 6.07) is 8.16. The summed E-state index contributed by atoms with van der Waals surface area (Å²) >= 11 is 0. The van der Waals surface area contributed by atoms with Crippen LogP contribution in [0.15, 0.2) is 42.9 Å². The molecule has 168 valence electrons. The maximum atomic E-state index is 11.1. The number of anilines is 1. The SMILES string of the molecule is CCn1cc(CN2CCN(c3nccnc3-c3ccc(CNC(C)=O)cc3)CC2)c(C)n1. The number of aryl methyl sites for hydroxylation is 2. The van der Waals surface area contributed by atoms with E-state index < -0.39 is 0 Å². The molecule has 1 amide bonds. The van der Waals surface area contributed by atoms with Gasteiger partial charge in [0.05, 0.1) is 5.69 Å². The Balaban J connectivity index is 1.42. The van der Waals surface area contributed by atoms with Crippen molar-refractivity contribution in [3.8, 4) is 11.3 Å². The normalized spacial score (nSPS) is 14.5. The monoisotopic (exact) mass is 433 g/mol. The van der Waals surface area contributed by atoms with Gasteiger partial charge in [-0.15, -0.1) is 0 Å². The molecule has 8 nitrogen and oxygen atoms in total. The third-order valence-electron chi connectivity index (χ3n) is 5.89. The largest absolute Gasteiger partial charge is 0.352 e. The highest BCUT2D eigenvalue weighted by Crippen LogP contribution is 2.28. The molecule has 1 aromatic carbocycles. The third-order valence-corrected chi connectivity index (χ3v) is 5.89. The second kappa shape index (κ2) is 9.91. The van der Waals surface area contributed by atoms with Crippen LogP contribution in [0, 0.1) is 6.92 Å². The molecule has 4 rings (SSSR count). The lowest BCUT2D eigenvalue weighted by Crippen LogP contribution is -2.46. The summed E-state index contributed by atoms with van der Waals surface area (Å²) in [6.07, 6.45) is 5.67. The fraction of sp³-hybridized carbons (Fsp3) is 0.417. The fourth-order valence-corrected chi connectivity index (χ4v) is 4.01. The number of benzene rings is 1. The predicted octanol–water partition coefficient (Wildman–Crippen LogP) is 2.63. The van der Waals surface area contributed by atoms with Crippen LogP contribution in [0.25, 0.3) is 11.3 Å². The highest BCUT2D eigenvalue weighted by Gasteiger charge is 2.22. The molecule has 0 unspecified atom stereocenters. The summed E-state index contributed by atoms with van der Waals surface area (Å²) in [4.78, 5) is 25.3. The Morgan fingerprint density at radius 1 is 1.06 bits per heavy atom. The fourth-order valence-electron chi connectivity index (χ4n) is 4.01. The standard InChI is InChI=1S/C24H31N7O/c1-4-31-17-22(18(2)28-31)16-29-11-13-30(14-12-29)24-23(25-9-10-26-24)21-7-5-20(6-8-21)15-27-19(3)32/h5-10,17H,4,11-16H2,1-3H3,(H,27,32). The van der Waals surface area contributed by atoms with Crippen molar-refractivity contribution in [2.24, 2.45) is 0 Å². The molecular weight excluding hydrogens is 402 g/mol. The number of nitrogens with zero attached hydrogens (tertiary/aromatic N) is 6. The molecular formula is C24H31N7O. The topological polar surface area (TPSA) is 79.2 Å². The average molecular weight is 434 g/mol. The van der Waals surface area contributed by atoms with E-state index in [9.17, 15) is 4.79 Å². The van der Waals surface area contributed by atoms with Crippen LogP contribution in [0.3, 0.4) is 0 Å². The van der Waals surface area contributed by atoms with Gasteiger partial charge in [0, 0.05) is 82.5 Å². The van der Waals surface area contributed by atoms with Crippen LogP contribution >= 0.6 is 0 Å². The van der Waals surface area contributed by atoms with Gasteiger partial charge in [-0.25, -0.2) is 4.98 Å². The van der Waals surface area contributed by atoms with E-state index in [0.717, 1.165) is 67.6 Å². The summed E-state index contributed by atoms with van der Waals surface area (Å²) < 4.78 is 2.01. The predicted molar refractivity (Wildman–Crippen MR) is 125 cm³/mol. The number of nitrogens with one attached hydrogen (secondary N) is 1. The number of carbonyl (C=O) groups excluding carboxylic acids is 1. The first-order valence-corrected chi connectivity index (χ1v) is 11.2. The third kappa shape index (κ3) is 5.13. The van der Waals surface area contributed by atoms with Gasteiger partial charge < -0.3 is 10.2 Å². The van der Waals surface area contributed by atoms with Crippen LogP contribution in [-0.2, 0) is 24.4 Å². The van der Waals surface area contributed by atoms with Gasteiger partial charge in [0.1, 0.15) is 5.69 Å². The van der Waals surface area contributed by atoms with Crippen molar-refractivity contribution in [3.63, 3.8) is 0 Å². The molecule has 2 aromatic heterocycles. The molecule has 1 aliphatic rings. The number of carbonyl (C=O) groups is 1. The smallest absolute Gasteiger partial charge is 0.217 e. The summed E-state index contributed by atoms with van der Waals surface area (Å²) in [6.45, 7) is 11.9. The molecule has 1 fully saturated rings. The van der Waals surface area contributed by atoms with Crippen molar-refractivity contribution >= 4 is 11.7 Å². The summed E-state index contributed by atoms with van der Waals surface area (Å²) in [7, 11) is 0. The van der Waals surface area contributed by atoms with Crippen molar-refractivity contribution in [2.75, 3.05) is 31.1 Å². The Morgan fingerprint density at radius 3 is 2.44 bits per heavy atom. The Hall–Kier alpha value is -3.26. The van der Waals surface area contributed by atoms with E-state index in [2.05, 4.69) is 62.4 Å². The minimum atomic E-state index is -0.0289. The number of piperazine rings is 1. The Morgan fingerprint density at radius 2 is 1.78 bits per heavy atom. The van der Waals surface area contributed by atoms with E-state index >= 15 is 0 Å². The van der Waals surface area contributed by atoms with Gasteiger partial charge in [-0.1, -0.05) is 24.3 Å². The lowest BCUT2D eigenvalue weighted by molar-refractivity contribution is -0.119. The number of amides is 1. The first-order chi connectivity index (χ1) is 15.5. The number of hydrogen-bond donors (Lipinski definition) is 1. The summed E-state index contributed by atoms with van der Waals surface area (Å²) in [5, 5.41) is 7.40. The zero-order chi connectivity index (χ0) is 22.5. The van der Waals surface area contributed by atoms with Crippen LogP contribution in [0.2, 0.25) is 0 Å². The van der Waals surface area contributed by atoms with Crippen LogP contribution in [0.5, 0.6) is 0 Å². The molecule has 0 saturated carbocycles. The highest BCUT2D eigenvalue weighted by atomic mass is 16.1. The van der Waals surface area contributed by atoms with Crippen LogP contribution in [-0.4, -0.2) is 56.7 Å². The second-order valence-electron chi connectivity index (χ2n) is 8.19. The molecule has 0 aliphatic carbocycles. The second-order valence-corrected chi connectivity index (χ2v) is 8.19. The molecule has 3 heterocycles. The van der Waals surface area contributed by atoms with Gasteiger partial charge in [-0.3, -0.25) is 19.4 Å². The van der Waals surface area contributed by atoms with Crippen LogP contribution in [0.4, 0.5) is 5.82 Å². The molecule has 1 aliphatic heterocycles. The molecule has 0 radical (unpaired) electrons. The quantitative estimate of drug-likeness (QED) is 0.617. The zero-order valence-electron chi connectivity index (χ0n) is 19.1. The van der Waals surface area contributed by atoms with Crippen molar-refractivity contribution in [1.82, 2.24) is 30.0 Å². The van der Waals surface area contributed by atoms with Gasteiger partial charge in [-0.2, -0.15) is 5.10 Å². The van der Waals surface area contributed by atoms with E-state index in [4.69, 9.17) is 0 Å². The molecule has 1 saturated heterocycles. The Bertz CT molecular complexity index is 1050. The van der Waals surface area contributed by atoms with Crippen molar-refractivity contribution in [2.45, 2.75) is 40.4 Å². The zero-order valence-corrected chi connectivity index (χ0v) is 19.1. The molecule has 0 atom stereocenters. The van der Waals surface area contributed by atoms with Crippen LogP contribution in [0.1, 0.15) is 30.7 Å². The maximum absolute atomic E-state index is 11.1.